The van der Waals surface area contributed by atoms with Crippen LogP contribution in [0.3, 0.4) is 0 Å². The third-order valence-electron chi connectivity index (χ3n) is 2.45. The number of aromatic amines is 2. The molecule has 1 aromatic carbocycles. The summed E-state index contributed by atoms with van der Waals surface area (Å²) in [6, 6.07) is 3.38. The molecule has 0 aliphatic carbocycles. The average Bonchev–Trinajstić information content (AvgIpc) is 2.63. The van der Waals surface area contributed by atoms with E-state index < -0.39 is 11.1 Å². The molecule has 16 heavy (non-hydrogen) atoms. The Morgan fingerprint density at radius 2 is 2.00 bits per heavy atom. The summed E-state index contributed by atoms with van der Waals surface area (Å²) in [6.45, 7) is 0. The summed E-state index contributed by atoms with van der Waals surface area (Å²) in [5.41, 5.74) is 0.875. The van der Waals surface area contributed by atoms with E-state index in [9.17, 15) is 9.59 Å². The molecule has 3 aromatic rings. The van der Waals surface area contributed by atoms with Gasteiger partial charge in [-0.3, -0.25) is 14.3 Å². The van der Waals surface area contributed by atoms with Gasteiger partial charge in [-0.15, -0.1) is 0 Å². The number of nitrogens with one attached hydrogen (secondary N) is 2. The molecule has 7 heteroatoms. The zero-order chi connectivity index (χ0) is 11.3. The average molecular weight is 217 g/mol. The molecular weight excluding hydrogens is 210 g/mol. The quantitative estimate of drug-likeness (QED) is 0.496. The molecule has 0 saturated carbocycles. The first kappa shape index (κ1) is 8.84. The zero-order valence-electron chi connectivity index (χ0n) is 8.31. The maximum atomic E-state index is 11.2. The van der Waals surface area contributed by atoms with Crippen molar-refractivity contribution in [3.63, 3.8) is 0 Å². The van der Waals surface area contributed by atoms with Crippen LogP contribution in [0.5, 0.6) is 0 Å². The van der Waals surface area contributed by atoms with Gasteiger partial charge in [-0.1, -0.05) is 0 Å². The fourth-order valence-electron chi connectivity index (χ4n) is 1.72. The van der Waals surface area contributed by atoms with Gasteiger partial charge in [0.25, 0.3) is 0 Å². The van der Waals surface area contributed by atoms with Crippen molar-refractivity contribution in [3.05, 3.63) is 32.8 Å². The van der Waals surface area contributed by atoms with Gasteiger partial charge in [-0.2, -0.15) is 5.10 Å². The van der Waals surface area contributed by atoms with E-state index in [-0.39, 0.29) is 0 Å². The van der Waals surface area contributed by atoms with Gasteiger partial charge >= 0.3 is 11.1 Å². The van der Waals surface area contributed by atoms with E-state index in [1.165, 1.54) is 0 Å². The number of hydrogen-bond acceptors (Lipinski definition) is 4. The van der Waals surface area contributed by atoms with Crippen LogP contribution in [0.25, 0.3) is 22.1 Å². The van der Waals surface area contributed by atoms with Crippen LogP contribution < -0.4 is 11.1 Å². The number of aryl methyl sites for hydroxylation is 1. The largest absolute Gasteiger partial charge is 0.335 e. The van der Waals surface area contributed by atoms with Crippen LogP contribution in [0.15, 0.2) is 21.7 Å². The molecule has 0 fully saturated rings. The summed E-state index contributed by atoms with van der Waals surface area (Å²) in [7, 11) is 1.76. The lowest BCUT2D eigenvalue weighted by Crippen LogP contribution is -2.29. The Hall–Kier alpha value is -2.44. The molecule has 2 heterocycles. The van der Waals surface area contributed by atoms with Crippen LogP contribution in [0.1, 0.15) is 0 Å². The highest BCUT2D eigenvalue weighted by atomic mass is 16.2. The number of H-pyrrole nitrogens is 2. The van der Waals surface area contributed by atoms with E-state index in [0.29, 0.717) is 22.1 Å². The number of hydrogen-bond donors (Lipinski definition) is 2. The maximum absolute atomic E-state index is 11.2. The lowest BCUT2D eigenvalue weighted by atomic mass is 10.2. The normalized spacial score (nSPS) is 11.3. The molecule has 0 aliphatic heterocycles. The second-order valence-electron chi connectivity index (χ2n) is 3.47. The van der Waals surface area contributed by atoms with Gasteiger partial charge in [0, 0.05) is 7.05 Å². The standard InChI is InChI=1S/C9H7N5O2/c1-14-7-5(12-13-14)3-2-4-6(7)11-9(16)8(15)10-4/h2-3,13H,1H3,(H,11,16). The van der Waals surface area contributed by atoms with E-state index in [2.05, 4.69) is 20.3 Å². The summed E-state index contributed by atoms with van der Waals surface area (Å²) < 4.78 is 1.65. The molecule has 0 saturated heterocycles. The predicted molar refractivity (Wildman–Crippen MR) is 57.3 cm³/mol. The Morgan fingerprint density at radius 3 is 2.81 bits per heavy atom. The van der Waals surface area contributed by atoms with E-state index in [4.69, 9.17) is 0 Å². The zero-order valence-corrected chi connectivity index (χ0v) is 8.31. The highest BCUT2D eigenvalue weighted by Crippen LogP contribution is 2.17. The van der Waals surface area contributed by atoms with E-state index in [1.807, 2.05) is 0 Å². The number of fused-ring (bicyclic) bond motifs is 3. The van der Waals surface area contributed by atoms with Crippen molar-refractivity contribution < 1.29 is 0 Å². The number of nitrogens with zero attached hydrogens (tertiary/aromatic N) is 3. The number of rotatable bonds is 0. The molecule has 0 amide bonds. The van der Waals surface area contributed by atoms with Crippen LogP contribution in [-0.4, -0.2) is 25.0 Å². The van der Waals surface area contributed by atoms with Crippen LogP contribution in [-0.2, 0) is 7.05 Å². The Bertz CT molecular complexity index is 810. The molecule has 0 radical (unpaired) electrons. The fourth-order valence-corrected chi connectivity index (χ4v) is 1.72. The van der Waals surface area contributed by atoms with Crippen molar-refractivity contribution in [1.82, 2.24) is 25.0 Å². The molecule has 0 bridgehead atoms. The highest BCUT2D eigenvalue weighted by Gasteiger charge is 2.08. The van der Waals surface area contributed by atoms with Gasteiger partial charge in [0.2, 0.25) is 0 Å². The lowest BCUT2D eigenvalue weighted by molar-refractivity contribution is 0.737. The van der Waals surface area contributed by atoms with Crippen molar-refractivity contribution in [2.45, 2.75) is 0 Å². The molecule has 3 rings (SSSR count). The monoisotopic (exact) mass is 217 g/mol. The molecule has 2 aromatic heterocycles. The Labute approximate surface area is 87.7 Å². The van der Waals surface area contributed by atoms with E-state index >= 15 is 0 Å². The van der Waals surface area contributed by atoms with Gasteiger partial charge in [0.05, 0.1) is 11.0 Å². The third kappa shape index (κ3) is 1.02. The molecule has 0 spiro atoms. The summed E-state index contributed by atoms with van der Waals surface area (Å²) in [4.78, 5) is 28.6. The second-order valence-corrected chi connectivity index (χ2v) is 3.47. The van der Waals surface area contributed by atoms with E-state index in [0.717, 1.165) is 0 Å². The van der Waals surface area contributed by atoms with Gasteiger partial charge in [0.1, 0.15) is 11.0 Å². The van der Waals surface area contributed by atoms with Crippen LogP contribution in [0.4, 0.5) is 0 Å². The summed E-state index contributed by atoms with van der Waals surface area (Å²) in [5.74, 6) is 0. The topological polar surface area (TPSA) is 96.4 Å². The predicted octanol–water partition coefficient (Wildman–Crippen LogP) is -0.502. The third-order valence-corrected chi connectivity index (χ3v) is 2.45. The van der Waals surface area contributed by atoms with Crippen molar-refractivity contribution in [2.75, 3.05) is 0 Å². The van der Waals surface area contributed by atoms with Crippen molar-refractivity contribution >= 4 is 22.1 Å². The van der Waals surface area contributed by atoms with Crippen molar-refractivity contribution in [1.29, 1.82) is 0 Å². The molecular formula is C9H7N5O2. The molecule has 7 nitrogen and oxygen atoms in total. The van der Waals surface area contributed by atoms with Gasteiger partial charge < -0.3 is 4.98 Å². The Kier molecular flexibility index (Phi) is 1.54. The first-order chi connectivity index (χ1) is 7.66. The van der Waals surface area contributed by atoms with Crippen LogP contribution in [0.2, 0.25) is 0 Å². The fraction of sp³-hybridized carbons (Fsp3) is 0.111. The van der Waals surface area contributed by atoms with E-state index in [1.54, 1.807) is 23.9 Å². The first-order valence-electron chi connectivity index (χ1n) is 4.61. The molecule has 2 N–H and O–H groups in total. The Morgan fingerprint density at radius 1 is 1.25 bits per heavy atom. The molecule has 80 valence electrons. The number of benzene rings is 1. The second kappa shape index (κ2) is 2.78. The van der Waals surface area contributed by atoms with Gasteiger partial charge in [0.15, 0.2) is 0 Å². The SMILES string of the molecule is Cn1[nH]nc2ccc3nc(=O)c(=O)[nH]c3c21. The van der Waals surface area contributed by atoms with Crippen molar-refractivity contribution in [3.8, 4) is 0 Å². The maximum Gasteiger partial charge on any atom is 0.335 e. The molecule has 0 atom stereocenters. The minimum Gasteiger partial charge on any atom is -0.314 e. The lowest BCUT2D eigenvalue weighted by Gasteiger charge is -1.98. The van der Waals surface area contributed by atoms with Gasteiger partial charge in [-0.05, 0) is 12.1 Å². The smallest absolute Gasteiger partial charge is 0.314 e. The first-order valence-corrected chi connectivity index (χ1v) is 4.61. The molecule has 0 aliphatic rings. The Balaban J connectivity index is 2.69. The summed E-state index contributed by atoms with van der Waals surface area (Å²) in [6.07, 6.45) is 0. The number of aromatic nitrogens is 5. The van der Waals surface area contributed by atoms with Gasteiger partial charge in [-0.25, -0.2) is 10.2 Å². The minimum atomic E-state index is -0.780. The van der Waals surface area contributed by atoms with Crippen molar-refractivity contribution in [2.24, 2.45) is 7.05 Å². The summed E-state index contributed by atoms with van der Waals surface area (Å²) in [5, 5.41) is 6.77. The minimum absolute atomic E-state index is 0.453. The highest BCUT2D eigenvalue weighted by molar-refractivity contribution is 5.99. The van der Waals surface area contributed by atoms with Crippen LogP contribution >= 0.6 is 0 Å². The van der Waals surface area contributed by atoms with Crippen LogP contribution in [0, 0.1) is 0 Å². The molecule has 0 unspecified atom stereocenters. The summed E-state index contributed by atoms with van der Waals surface area (Å²) >= 11 is 0.